The fourth-order valence-electron chi connectivity index (χ4n) is 1.58. The van der Waals surface area contributed by atoms with Crippen LogP contribution in [0.2, 0.25) is 0 Å². The monoisotopic (exact) mass is 321 g/mol. The molecule has 0 aliphatic rings. The number of thiophene rings is 1. The summed E-state index contributed by atoms with van der Waals surface area (Å²) in [7, 11) is 3.49. The first-order chi connectivity index (χ1) is 8.26. The molecule has 0 aromatic carbocycles. The van der Waals surface area contributed by atoms with Crippen LogP contribution in [-0.4, -0.2) is 45.4 Å². The van der Waals surface area contributed by atoms with E-state index in [0.717, 1.165) is 39.3 Å². The Morgan fingerprint density at radius 2 is 2.00 bits per heavy atom. The summed E-state index contributed by atoms with van der Waals surface area (Å²) < 4.78 is 11.4. The molecule has 0 aliphatic heterocycles. The zero-order valence-electron chi connectivity index (χ0n) is 10.4. The molecule has 0 fully saturated rings. The summed E-state index contributed by atoms with van der Waals surface area (Å²) in [5.74, 6) is 0. The molecular weight excluding hydrogens is 302 g/mol. The summed E-state index contributed by atoms with van der Waals surface area (Å²) in [5.41, 5.74) is 0. The highest BCUT2D eigenvalue weighted by molar-refractivity contribution is 9.10. The van der Waals surface area contributed by atoms with Crippen molar-refractivity contribution in [3.05, 3.63) is 20.8 Å². The van der Waals surface area contributed by atoms with Crippen molar-refractivity contribution in [2.75, 3.05) is 40.5 Å². The molecule has 0 radical (unpaired) electrons. The Morgan fingerprint density at radius 1 is 1.24 bits per heavy atom. The van der Waals surface area contributed by atoms with E-state index in [1.54, 1.807) is 25.6 Å². The number of ether oxygens (including phenoxy) is 2. The Labute approximate surface area is 116 Å². The van der Waals surface area contributed by atoms with Crippen LogP contribution in [0.25, 0.3) is 0 Å². The summed E-state index contributed by atoms with van der Waals surface area (Å²) in [5, 5.41) is 2.12. The van der Waals surface area contributed by atoms with Crippen LogP contribution >= 0.6 is 27.3 Å². The molecule has 0 atom stereocenters. The van der Waals surface area contributed by atoms with Crippen LogP contribution in [0.5, 0.6) is 0 Å². The topological polar surface area (TPSA) is 21.7 Å². The first-order valence-corrected chi connectivity index (χ1v) is 7.36. The maximum atomic E-state index is 5.14. The fourth-order valence-corrected chi connectivity index (χ4v) is 3.07. The van der Waals surface area contributed by atoms with Crippen molar-refractivity contribution in [3.8, 4) is 0 Å². The second kappa shape index (κ2) is 9.05. The smallest absolute Gasteiger partial charge is 0.0589 e. The van der Waals surface area contributed by atoms with Gasteiger partial charge in [-0.05, 0) is 28.4 Å². The Bertz CT molecular complexity index is 306. The largest absolute Gasteiger partial charge is 0.385 e. The van der Waals surface area contributed by atoms with Gasteiger partial charge in [0.15, 0.2) is 0 Å². The van der Waals surface area contributed by atoms with Crippen molar-refractivity contribution < 1.29 is 9.47 Å². The third kappa shape index (κ3) is 6.52. The van der Waals surface area contributed by atoms with E-state index in [1.165, 1.54) is 9.35 Å². The Balaban J connectivity index is 2.38. The predicted molar refractivity (Wildman–Crippen MR) is 75.7 cm³/mol. The van der Waals surface area contributed by atoms with E-state index in [1.807, 2.05) is 0 Å². The summed E-state index contributed by atoms with van der Waals surface area (Å²) in [6, 6.07) is 2.18. The van der Waals surface area contributed by atoms with Gasteiger partial charge in [0.05, 0.1) is 6.61 Å². The van der Waals surface area contributed by atoms with Crippen molar-refractivity contribution in [1.82, 2.24) is 4.90 Å². The predicted octanol–water partition coefficient (Wildman–Crippen LogP) is 3.00. The minimum absolute atomic E-state index is 0.777. The van der Waals surface area contributed by atoms with Gasteiger partial charge in [0.1, 0.15) is 0 Å². The van der Waals surface area contributed by atoms with Gasteiger partial charge in [-0.1, -0.05) is 0 Å². The highest BCUT2D eigenvalue weighted by atomic mass is 79.9. The molecule has 0 spiro atoms. The first kappa shape index (κ1) is 15.1. The molecule has 1 aromatic heterocycles. The van der Waals surface area contributed by atoms with Crippen LogP contribution in [0.4, 0.5) is 0 Å². The van der Waals surface area contributed by atoms with Crippen molar-refractivity contribution in [1.29, 1.82) is 0 Å². The minimum Gasteiger partial charge on any atom is -0.385 e. The van der Waals surface area contributed by atoms with E-state index in [9.17, 15) is 0 Å². The third-order valence-electron chi connectivity index (χ3n) is 2.44. The van der Waals surface area contributed by atoms with Gasteiger partial charge in [0, 0.05) is 55.2 Å². The molecule has 0 bridgehead atoms. The van der Waals surface area contributed by atoms with Crippen LogP contribution in [0.15, 0.2) is 15.9 Å². The van der Waals surface area contributed by atoms with E-state index in [-0.39, 0.29) is 0 Å². The van der Waals surface area contributed by atoms with Crippen molar-refractivity contribution in [2.45, 2.75) is 13.0 Å². The normalized spacial score (nSPS) is 11.3. The summed E-state index contributed by atoms with van der Waals surface area (Å²) in [4.78, 5) is 3.78. The van der Waals surface area contributed by atoms with Gasteiger partial charge in [0.2, 0.25) is 0 Å². The van der Waals surface area contributed by atoms with Crippen LogP contribution in [-0.2, 0) is 16.0 Å². The van der Waals surface area contributed by atoms with Gasteiger partial charge in [0.25, 0.3) is 0 Å². The fraction of sp³-hybridized carbons (Fsp3) is 0.667. The lowest BCUT2D eigenvalue weighted by molar-refractivity contribution is 0.130. The molecule has 0 amide bonds. The maximum Gasteiger partial charge on any atom is 0.0589 e. The third-order valence-corrected chi connectivity index (χ3v) is 4.12. The van der Waals surface area contributed by atoms with Gasteiger partial charge in [-0.15, -0.1) is 11.3 Å². The second-order valence-electron chi connectivity index (χ2n) is 3.85. The SMILES string of the molecule is COCCCN(CCOC)Cc1cc(Br)cs1. The Hall–Kier alpha value is 0.0600. The molecule has 0 saturated carbocycles. The molecular formula is C12H20BrNO2S. The van der Waals surface area contributed by atoms with Crippen LogP contribution in [0, 0.1) is 0 Å². The van der Waals surface area contributed by atoms with Gasteiger partial charge in [-0.3, -0.25) is 4.90 Å². The number of nitrogens with zero attached hydrogens (tertiary/aromatic N) is 1. The van der Waals surface area contributed by atoms with Crippen molar-refractivity contribution in [3.63, 3.8) is 0 Å². The molecule has 3 nitrogen and oxygen atoms in total. The van der Waals surface area contributed by atoms with E-state index < -0.39 is 0 Å². The van der Waals surface area contributed by atoms with E-state index in [0.29, 0.717) is 0 Å². The second-order valence-corrected chi connectivity index (χ2v) is 5.76. The molecule has 1 aromatic rings. The standard InChI is InChI=1S/C12H20BrNO2S/c1-15-6-3-4-14(5-7-16-2)9-12-8-11(13)10-17-12/h8,10H,3-7,9H2,1-2H3. The van der Waals surface area contributed by atoms with Gasteiger partial charge >= 0.3 is 0 Å². The number of hydrogen-bond donors (Lipinski definition) is 0. The number of halogens is 1. The molecule has 98 valence electrons. The van der Waals surface area contributed by atoms with Crippen molar-refractivity contribution >= 4 is 27.3 Å². The lowest BCUT2D eigenvalue weighted by Gasteiger charge is -2.20. The average molecular weight is 322 g/mol. The molecule has 0 aliphatic carbocycles. The minimum atomic E-state index is 0.777. The number of methoxy groups -OCH3 is 2. The average Bonchev–Trinajstić information content (AvgIpc) is 2.72. The number of hydrogen-bond acceptors (Lipinski definition) is 4. The molecule has 5 heteroatoms. The van der Waals surface area contributed by atoms with Crippen LogP contribution in [0.3, 0.4) is 0 Å². The molecule has 1 rings (SSSR count). The van der Waals surface area contributed by atoms with E-state index in [2.05, 4.69) is 32.3 Å². The molecule has 0 unspecified atom stereocenters. The summed E-state index contributed by atoms with van der Waals surface area (Å²) in [6.07, 6.45) is 1.06. The number of rotatable bonds is 9. The van der Waals surface area contributed by atoms with Crippen molar-refractivity contribution in [2.24, 2.45) is 0 Å². The van der Waals surface area contributed by atoms with Gasteiger partial charge in [-0.2, -0.15) is 0 Å². The van der Waals surface area contributed by atoms with Crippen LogP contribution < -0.4 is 0 Å². The molecule has 1 heterocycles. The highest BCUT2D eigenvalue weighted by Crippen LogP contribution is 2.21. The highest BCUT2D eigenvalue weighted by Gasteiger charge is 2.07. The zero-order valence-corrected chi connectivity index (χ0v) is 12.8. The molecule has 17 heavy (non-hydrogen) atoms. The summed E-state index contributed by atoms with van der Waals surface area (Å²) in [6.45, 7) is 4.60. The lowest BCUT2D eigenvalue weighted by Crippen LogP contribution is -2.28. The molecule has 0 N–H and O–H groups in total. The first-order valence-electron chi connectivity index (χ1n) is 5.69. The van der Waals surface area contributed by atoms with Gasteiger partial charge < -0.3 is 9.47 Å². The Morgan fingerprint density at radius 3 is 2.59 bits per heavy atom. The maximum absolute atomic E-state index is 5.14. The summed E-state index contributed by atoms with van der Waals surface area (Å²) >= 11 is 5.28. The van der Waals surface area contributed by atoms with Gasteiger partial charge in [-0.25, -0.2) is 0 Å². The molecule has 0 saturated heterocycles. The lowest BCUT2D eigenvalue weighted by atomic mass is 10.3. The van der Waals surface area contributed by atoms with E-state index >= 15 is 0 Å². The van der Waals surface area contributed by atoms with Crippen LogP contribution in [0.1, 0.15) is 11.3 Å². The van der Waals surface area contributed by atoms with E-state index in [4.69, 9.17) is 9.47 Å². The quantitative estimate of drug-likeness (QED) is 0.653. The zero-order chi connectivity index (χ0) is 12.5. The Kier molecular flexibility index (Phi) is 8.05.